The summed E-state index contributed by atoms with van der Waals surface area (Å²) < 4.78 is 1.21. The Balaban J connectivity index is 2.48. The zero-order valence-corrected chi connectivity index (χ0v) is 7.31. The molecule has 0 aliphatic rings. The second-order valence-electron chi connectivity index (χ2n) is 2.68. The predicted molar refractivity (Wildman–Crippen MR) is 47.5 cm³/mol. The second-order valence-corrected chi connectivity index (χ2v) is 2.68. The van der Waals surface area contributed by atoms with Gasteiger partial charge >= 0.3 is 0 Å². The molecule has 1 aromatic carbocycles. The number of nitro groups is 1. The highest BCUT2D eigenvalue weighted by atomic mass is 16.6. The van der Waals surface area contributed by atoms with Crippen molar-refractivity contribution >= 4 is 5.69 Å². The van der Waals surface area contributed by atoms with Crippen LogP contribution >= 0.6 is 0 Å². The van der Waals surface area contributed by atoms with Crippen LogP contribution in [-0.2, 0) is 0 Å². The Morgan fingerprint density at radius 3 is 2.80 bits per heavy atom. The van der Waals surface area contributed by atoms with E-state index in [4.69, 9.17) is 0 Å². The summed E-state index contributed by atoms with van der Waals surface area (Å²) in [7, 11) is 0. The van der Waals surface area contributed by atoms with E-state index in [-0.39, 0.29) is 17.1 Å². The highest BCUT2D eigenvalue weighted by molar-refractivity contribution is 5.51. The Bertz CT molecular complexity index is 495. The average Bonchev–Trinajstić information content (AvgIpc) is 2.70. The third-order valence-electron chi connectivity index (χ3n) is 1.77. The summed E-state index contributed by atoms with van der Waals surface area (Å²) >= 11 is 0. The van der Waals surface area contributed by atoms with E-state index in [2.05, 4.69) is 15.5 Å². The molecule has 0 saturated carbocycles. The van der Waals surface area contributed by atoms with E-state index < -0.39 is 4.92 Å². The summed E-state index contributed by atoms with van der Waals surface area (Å²) in [5, 5.41) is 30.2. The molecule has 0 saturated heterocycles. The van der Waals surface area contributed by atoms with Crippen molar-refractivity contribution in [1.29, 1.82) is 0 Å². The number of nitro benzene ring substituents is 1. The number of phenolic OH excluding ortho intramolecular Hbond substituents is 1. The minimum atomic E-state index is -0.594. The first-order chi connectivity index (χ1) is 7.18. The number of benzene rings is 1. The summed E-state index contributed by atoms with van der Waals surface area (Å²) in [6, 6.07) is 3.66. The second kappa shape index (κ2) is 3.33. The number of hydrogen-bond acceptors (Lipinski definition) is 6. The van der Waals surface area contributed by atoms with Gasteiger partial charge in [0, 0.05) is 6.07 Å². The van der Waals surface area contributed by atoms with Gasteiger partial charge in [-0.2, -0.15) is 4.68 Å². The average molecular weight is 207 g/mol. The SMILES string of the molecule is O=[N+]([O-])c1ccc(-n2cnnn2)c(O)c1. The van der Waals surface area contributed by atoms with Gasteiger partial charge in [0.05, 0.1) is 11.0 Å². The molecule has 0 unspecified atom stereocenters. The Hall–Kier alpha value is -2.51. The van der Waals surface area contributed by atoms with Gasteiger partial charge in [0.15, 0.2) is 0 Å². The summed E-state index contributed by atoms with van der Waals surface area (Å²) in [4.78, 5) is 9.80. The lowest BCUT2D eigenvalue weighted by atomic mass is 10.2. The van der Waals surface area contributed by atoms with Crippen LogP contribution in [0.15, 0.2) is 24.5 Å². The van der Waals surface area contributed by atoms with Crippen LogP contribution in [0.5, 0.6) is 5.75 Å². The zero-order valence-electron chi connectivity index (χ0n) is 7.31. The molecule has 0 radical (unpaired) electrons. The fraction of sp³-hybridized carbons (Fsp3) is 0. The van der Waals surface area contributed by atoms with E-state index in [1.807, 2.05) is 0 Å². The smallest absolute Gasteiger partial charge is 0.273 e. The molecule has 8 heteroatoms. The molecule has 0 atom stereocenters. The van der Waals surface area contributed by atoms with Crippen molar-refractivity contribution in [2.75, 3.05) is 0 Å². The minimum absolute atomic E-state index is 0.190. The van der Waals surface area contributed by atoms with Crippen LogP contribution in [0.2, 0.25) is 0 Å². The molecule has 8 nitrogen and oxygen atoms in total. The standard InChI is InChI=1S/C7H5N5O3/c13-7-3-5(12(14)15)1-2-6(7)11-4-8-9-10-11/h1-4,13H. The van der Waals surface area contributed by atoms with E-state index in [0.29, 0.717) is 0 Å². The lowest BCUT2D eigenvalue weighted by Crippen LogP contribution is -1.96. The highest BCUT2D eigenvalue weighted by Gasteiger charge is 2.11. The molecule has 0 aliphatic carbocycles. The topological polar surface area (TPSA) is 107 Å². The van der Waals surface area contributed by atoms with Crippen LogP contribution in [0, 0.1) is 10.1 Å². The molecule has 0 fully saturated rings. The molecule has 2 aromatic rings. The largest absolute Gasteiger partial charge is 0.505 e. The maximum Gasteiger partial charge on any atom is 0.273 e. The van der Waals surface area contributed by atoms with Gasteiger partial charge in [-0.05, 0) is 16.5 Å². The first kappa shape index (κ1) is 9.06. The molecule has 15 heavy (non-hydrogen) atoms. The van der Waals surface area contributed by atoms with Crippen LogP contribution in [-0.4, -0.2) is 30.2 Å². The highest BCUT2D eigenvalue weighted by Crippen LogP contribution is 2.25. The van der Waals surface area contributed by atoms with Gasteiger partial charge < -0.3 is 5.11 Å². The summed E-state index contributed by atoms with van der Waals surface area (Å²) in [6.45, 7) is 0. The van der Waals surface area contributed by atoms with Crippen molar-refractivity contribution in [2.24, 2.45) is 0 Å². The Morgan fingerprint density at radius 2 is 2.27 bits per heavy atom. The molecule has 76 valence electrons. The van der Waals surface area contributed by atoms with Crippen molar-refractivity contribution < 1.29 is 10.0 Å². The van der Waals surface area contributed by atoms with Crippen LogP contribution < -0.4 is 0 Å². The summed E-state index contributed by atoms with van der Waals surface area (Å²) in [6.07, 6.45) is 1.28. The molecule has 1 heterocycles. The molecule has 0 amide bonds. The van der Waals surface area contributed by atoms with Gasteiger partial charge in [0.1, 0.15) is 17.8 Å². The molecule has 2 rings (SSSR count). The van der Waals surface area contributed by atoms with E-state index in [0.717, 1.165) is 6.07 Å². The van der Waals surface area contributed by atoms with Gasteiger partial charge in [-0.25, -0.2) is 0 Å². The number of tetrazole rings is 1. The number of phenols is 1. The van der Waals surface area contributed by atoms with E-state index in [9.17, 15) is 15.2 Å². The first-order valence-electron chi connectivity index (χ1n) is 3.89. The number of aromatic nitrogens is 4. The molecule has 0 bridgehead atoms. The fourth-order valence-electron chi connectivity index (χ4n) is 1.09. The van der Waals surface area contributed by atoms with Gasteiger partial charge in [-0.1, -0.05) is 0 Å². The van der Waals surface area contributed by atoms with E-state index in [1.165, 1.54) is 23.1 Å². The lowest BCUT2D eigenvalue weighted by Gasteiger charge is -2.01. The summed E-state index contributed by atoms with van der Waals surface area (Å²) in [5.41, 5.74) is 0.0925. The zero-order chi connectivity index (χ0) is 10.8. The van der Waals surface area contributed by atoms with Gasteiger partial charge in [-0.15, -0.1) is 5.10 Å². The molecule has 0 aliphatic heterocycles. The third-order valence-corrected chi connectivity index (χ3v) is 1.77. The van der Waals surface area contributed by atoms with E-state index >= 15 is 0 Å². The number of hydrogen-bond donors (Lipinski definition) is 1. The number of nitrogens with zero attached hydrogens (tertiary/aromatic N) is 5. The van der Waals surface area contributed by atoms with Crippen molar-refractivity contribution in [2.45, 2.75) is 0 Å². The molecular formula is C7H5N5O3. The number of aromatic hydroxyl groups is 1. The number of non-ortho nitro benzene ring substituents is 1. The van der Waals surface area contributed by atoms with Crippen LogP contribution in [0.4, 0.5) is 5.69 Å². The normalized spacial score (nSPS) is 10.1. The van der Waals surface area contributed by atoms with Crippen LogP contribution in [0.25, 0.3) is 5.69 Å². The van der Waals surface area contributed by atoms with Gasteiger partial charge in [0.2, 0.25) is 0 Å². The van der Waals surface area contributed by atoms with Crippen LogP contribution in [0.1, 0.15) is 0 Å². The molecule has 1 aromatic heterocycles. The Morgan fingerprint density at radius 1 is 1.47 bits per heavy atom. The maximum absolute atomic E-state index is 10.4. The van der Waals surface area contributed by atoms with Gasteiger partial charge in [-0.3, -0.25) is 10.1 Å². The number of rotatable bonds is 2. The fourth-order valence-corrected chi connectivity index (χ4v) is 1.09. The monoisotopic (exact) mass is 207 g/mol. The quantitative estimate of drug-likeness (QED) is 0.559. The molecule has 0 spiro atoms. The Kier molecular flexibility index (Phi) is 2.01. The van der Waals surface area contributed by atoms with Crippen molar-refractivity contribution in [3.8, 4) is 11.4 Å². The molecule has 1 N–H and O–H groups in total. The Labute approximate surface area is 82.9 Å². The predicted octanol–water partition coefficient (Wildman–Crippen LogP) is 0.276. The minimum Gasteiger partial charge on any atom is -0.505 e. The van der Waals surface area contributed by atoms with Crippen LogP contribution in [0.3, 0.4) is 0 Å². The third kappa shape index (κ3) is 1.59. The first-order valence-corrected chi connectivity index (χ1v) is 3.89. The van der Waals surface area contributed by atoms with Crippen molar-refractivity contribution in [3.63, 3.8) is 0 Å². The lowest BCUT2D eigenvalue weighted by molar-refractivity contribution is -0.384. The van der Waals surface area contributed by atoms with E-state index in [1.54, 1.807) is 0 Å². The molecular weight excluding hydrogens is 202 g/mol. The van der Waals surface area contributed by atoms with Crippen molar-refractivity contribution in [1.82, 2.24) is 20.2 Å². The van der Waals surface area contributed by atoms with Gasteiger partial charge in [0.25, 0.3) is 5.69 Å². The maximum atomic E-state index is 10.4. The van der Waals surface area contributed by atoms with Crippen molar-refractivity contribution in [3.05, 3.63) is 34.6 Å². The summed E-state index contributed by atoms with van der Waals surface area (Å²) in [5.74, 6) is -0.253.